The molecular formula is C11H16N2O4. The largest absolute Gasteiger partial charge is 0.508 e. The van der Waals surface area contributed by atoms with Crippen molar-refractivity contribution >= 4 is 12.0 Å². The minimum atomic E-state index is -0.833. The number of carbonyl (C=O) groups excluding carboxylic acids is 2. The highest BCUT2D eigenvalue weighted by molar-refractivity contribution is 5.89. The van der Waals surface area contributed by atoms with Crippen molar-refractivity contribution in [3.63, 3.8) is 0 Å². The minimum absolute atomic E-state index is 0.145. The first-order chi connectivity index (χ1) is 7.97. The molecule has 0 aliphatic carbocycles. The Labute approximate surface area is 99.2 Å². The van der Waals surface area contributed by atoms with E-state index in [0.29, 0.717) is 12.2 Å². The quantitative estimate of drug-likeness (QED) is 0.683. The number of benzene rings is 1. The van der Waals surface area contributed by atoms with E-state index in [1.165, 1.54) is 24.3 Å². The van der Waals surface area contributed by atoms with E-state index in [4.69, 9.17) is 14.6 Å². The molecule has 0 heterocycles. The van der Waals surface area contributed by atoms with Crippen molar-refractivity contribution in [3.05, 3.63) is 29.8 Å². The molecule has 2 amide bonds. The molecular weight excluding hydrogens is 224 g/mol. The molecule has 0 radical (unpaired) electrons. The molecule has 1 rings (SSSR count). The zero-order valence-electron chi connectivity index (χ0n) is 9.55. The van der Waals surface area contributed by atoms with Gasteiger partial charge in [0.1, 0.15) is 5.75 Å². The third-order valence-electron chi connectivity index (χ3n) is 1.54. The molecule has 1 aromatic rings. The van der Waals surface area contributed by atoms with Crippen LogP contribution in [0.15, 0.2) is 24.3 Å². The Balaban J connectivity index is 0.000000557. The second-order valence-corrected chi connectivity index (χ2v) is 3.09. The fraction of sp³-hybridized carbons (Fsp3) is 0.273. The lowest BCUT2D eigenvalue weighted by atomic mass is 10.2. The van der Waals surface area contributed by atoms with E-state index in [2.05, 4.69) is 11.5 Å². The van der Waals surface area contributed by atoms with Crippen LogP contribution in [0.5, 0.6) is 5.75 Å². The number of urea groups is 1. The fourth-order valence-electron chi connectivity index (χ4n) is 0.876. The van der Waals surface area contributed by atoms with Gasteiger partial charge in [-0.1, -0.05) is 6.92 Å². The Morgan fingerprint density at radius 1 is 1.24 bits per heavy atom. The smallest absolute Gasteiger partial charge is 0.338 e. The molecule has 0 saturated heterocycles. The summed E-state index contributed by atoms with van der Waals surface area (Å²) in [5.74, 6) is -0.200. The predicted octanol–water partition coefficient (Wildman–Crippen LogP) is 0.983. The molecule has 94 valence electrons. The molecule has 0 aliphatic rings. The summed E-state index contributed by atoms with van der Waals surface area (Å²) in [6.45, 7) is 2.36. The first-order valence-electron chi connectivity index (χ1n) is 4.98. The third-order valence-corrected chi connectivity index (χ3v) is 1.54. The van der Waals surface area contributed by atoms with Crippen molar-refractivity contribution in [1.29, 1.82) is 0 Å². The van der Waals surface area contributed by atoms with Gasteiger partial charge in [-0.2, -0.15) is 0 Å². The monoisotopic (exact) mass is 240 g/mol. The van der Waals surface area contributed by atoms with Gasteiger partial charge in [-0.15, -0.1) is 0 Å². The summed E-state index contributed by atoms with van der Waals surface area (Å²) in [4.78, 5) is 20.2. The summed E-state index contributed by atoms with van der Waals surface area (Å²) in [7, 11) is 0. The number of carbonyl (C=O) groups is 2. The van der Waals surface area contributed by atoms with Crippen LogP contribution in [0.4, 0.5) is 4.79 Å². The second kappa shape index (κ2) is 7.98. The molecule has 0 fully saturated rings. The SMILES string of the molecule is CCCOC(=O)c1ccc(O)cc1.NC(N)=O. The van der Waals surface area contributed by atoms with Crippen LogP contribution >= 0.6 is 0 Å². The molecule has 1 aromatic carbocycles. The summed E-state index contributed by atoms with van der Waals surface area (Å²) in [5.41, 5.74) is 8.96. The van der Waals surface area contributed by atoms with E-state index in [1.807, 2.05) is 6.92 Å². The van der Waals surface area contributed by atoms with Crippen LogP contribution in [-0.2, 0) is 4.74 Å². The number of hydrogen-bond donors (Lipinski definition) is 3. The Morgan fingerprint density at radius 2 is 1.71 bits per heavy atom. The van der Waals surface area contributed by atoms with E-state index >= 15 is 0 Å². The molecule has 0 atom stereocenters. The molecule has 0 aliphatic heterocycles. The van der Waals surface area contributed by atoms with E-state index in [0.717, 1.165) is 6.42 Å². The van der Waals surface area contributed by atoms with Crippen LogP contribution in [0.2, 0.25) is 0 Å². The number of primary amides is 2. The lowest BCUT2D eigenvalue weighted by molar-refractivity contribution is 0.0505. The normalized spacial score (nSPS) is 8.76. The Bertz CT molecular complexity index is 358. The van der Waals surface area contributed by atoms with Gasteiger partial charge in [0.15, 0.2) is 0 Å². The summed E-state index contributed by atoms with van der Waals surface area (Å²) in [6.07, 6.45) is 0.809. The van der Waals surface area contributed by atoms with Crippen LogP contribution in [0, 0.1) is 0 Å². The van der Waals surface area contributed by atoms with Crippen LogP contribution in [0.1, 0.15) is 23.7 Å². The average Bonchev–Trinajstić information content (AvgIpc) is 2.26. The number of rotatable bonds is 3. The van der Waals surface area contributed by atoms with Gasteiger partial charge >= 0.3 is 12.0 Å². The van der Waals surface area contributed by atoms with Crippen LogP contribution in [0.25, 0.3) is 0 Å². The van der Waals surface area contributed by atoms with Gasteiger partial charge in [-0.3, -0.25) is 0 Å². The van der Waals surface area contributed by atoms with Crippen LogP contribution in [0.3, 0.4) is 0 Å². The van der Waals surface area contributed by atoms with Gasteiger partial charge in [-0.05, 0) is 30.7 Å². The molecule has 5 N–H and O–H groups in total. The number of hydrogen-bond acceptors (Lipinski definition) is 4. The maximum atomic E-state index is 11.2. The number of amides is 2. The van der Waals surface area contributed by atoms with Gasteiger partial charge in [0.05, 0.1) is 12.2 Å². The van der Waals surface area contributed by atoms with Crippen LogP contribution in [-0.4, -0.2) is 23.7 Å². The van der Waals surface area contributed by atoms with Gasteiger partial charge in [0, 0.05) is 0 Å². The minimum Gasteiger partial charge on any atom is -0.508 e. The molecule has 0 saturated carbocycles. The van der Waals surface area contributed by atoms with Crippen molar-refractivity contribution in [3.8, 4) is 5.75 Å². The number of aromatic hydroxyl groups is 1. The van der Waals surface area contributed by atoms with Crippen molar-refractivity contribution in [2.24, 2.45) is 11.5 Å². The molecule has 0 spiro atoms. The summed E-state index contributed by atoms with van der Waals surface area (Å²) in [5, 5.41) is 8.96. The lowest BCUT2D eigenvalue weighted by Crippen LogP contribution is -2.18. The van der Waals surface area contributed by atoms with Gasteiger partial charge < -0.3 is 21.3 Å². The number of phenolic OH excluding ortho intramolecular Hbond substituents is 1. The molecule has 6 heteroatoms. The predicted molar refractivity (Wildman–Crippen MR) is 62.5 cm³/mol. The van der Waals surface area contributed by atoms with Gasteiger partial charge in [-0.25, -0.2) is 9.59 Å². The van der Waals surface area contributed by atoms with E-state index in [1.54, 1.807) is 0 Å². The first-order valence-corrected chi connectivity index (χ1v) is 4.98. The average molecular weight is 240 g/mol. The maximum absolute atomic E-state index is 11.2. The summed E-state index contributed by atoms with van der Waals surface area (Å²) >= 11 is 0. The number of phenols is 1. The van der Waals surface area contributed by atoms with Gasteiger partial charge in [0.25, 0.3) is 0 Å². The van der Waals surface area contributed by atoms with Crippen molar-refractivity contribution in [1.82, 2.24) is 0 Å². The number of ether oxygens (including phenoxy) is 1. The highest BCUT2D eigenvalue weighted by Gasteiger charge is 2.05. The highest BCUT2D eigenvalue weighted by Crippen LogP contribution is 2.10. The topological polar surface area (TPSA) is 116 Å². The molecule has 0 unspecified atom stereocenters. The van der Waals surface area contributed by atoms with E-state index in [-0.39, 0.29) is 11.7 Å². The zero-order chi connectivity index (χ0) is 13.3. The van der Waals surface area contributed by atoms with E-state index in [9.17, 15) is 4.79 Å². The Kier molecular flexibility index (Phi) is 6.92. The maximum Gasteiger partial charge on any atom is 0.338 e. The van der Waals surface area contributed by atoms with Crippen molar-refractivity contribution < 1.29 is 19.4 Å². The van der Waals surface area contributed by atoms with Crippen molar-refractivity contribution in [2.45, 2.75) is 13.3 Å². The fourth-order valence-corrected chi connectivity index (χ4v) is 0.876. The number of esters is 1. The Morgan fingerprint density at radius 3 is 2.12 bits per heavy atom. The lowest BCUT2D eigenvalue weighted by Gasteiger charge is -2.02. The summed E-state index contributed by atoms with van der Waals surface area (Å²) < 4.78 is 4.90. The zero-order valence-corrected chi connectivity index (χ0v) is 9.55. The number of nitrogens with two attached hydrogens (primary N) is 2. The summed E-state index contributed by atoms with van der Waals surface area (Å²) in [6, 6.07) is 5.16. The molecule has 17 heavy (non-hydrogen) atoms. The van der Waals surface area contributed by atoms with E-state index < -0.39 is 6.03 Å². The highest BCUT2D eigenvalue weighted by atomic mass is 16.5. The molecule has 6 nitrogen and oxygen atoms in total. The third kappa shape index (κ3) is 7.66. The van der Waals surface area contributed by atoms with Gasteiger partial charge in [0.2, 0.25) is 0 Å². The molecule has 0 bridgehead atoms. The first kappa shape index (κ1) is 14.8. The van der Waals surface area contributed by atoms with Crippen molar-refractivity contribution in [2.75, 3.05) is 6.61 Å². The second-order valence-electron chi connectivity index (χ2n) is 3.09. The van der Waals surface area contributed by atoms with Crippen LogP contribution < -0.4 is 11.5 Å². The Hall–Kier alpha value is -2.24. The standard InChI is InChI=1S/C10H12O3.CH4N2O/c1-2-7-13-10(12)8-3-5-9(11)6-4-8;2-1(3)4/h3-6,11H,2,7H2,1H3;(H4,2,3,4). The molecule has 0 aromatic heterocycles.